The first-order valence-corrected chi connectivity index (χ1v) is 5.85. The first-order valence-electron chi connectivity index (χ1n) is 5.85. The van der Waals surface area contributed by atoms with Gasteiger partial charge in [-0.25, -0.2) is 0 Å². The van der Waals surface area contributed by atoms with E-state index in [4.69, 9.17) is 9.47 Å². The summed E-state index contributed by atoms with van der Waals surface area (Å²) in [4.78, 5) is 0. The monoisotopic (exact) mass is 219 g/mol. The van der Waals surface area contributed by atoms with Gasteiger partial charge in [0.05, 0.1) is 19.3 Å². The van der Waals surface area contributed by atoms with Crippen LogP contribution < -0.4 is 5.32 Å². The van der Waals surface area contributed by atoms with Crippen LogP contribution in [0.5, 0.6) is 0 Å². The van der Waals surface area contributed by atoms with Crippen molar-refractivity contribution in [3.8, 4) is 0 Å². The summed E-state index contributed by atoms with van der Waals surface area (Å²) in [6, 6.07) is 8.42. The van der Waals surface area contributed by atoms with Crippen molar-refractivity contribution in [1.29, 1.82) is 0 Å². The fraction of sp³-hybridized carbons (Fsp3) is 0.538. The van der Waals surface area contributed by atoms with Crippen molar-refractivity contribution >= 4 is 0 Å². The fourth-order valence-electron chi connectivity index (χ4n) is 2.68. The van der Waals surface area contributed by atoms with Gasteiger partial charge in [0.15, 0.2) is 0 Å². The lowest BCUT2D eigenvalue weighted by atomic mass is 9.87. The maximum atomic E-state index is 6.15. The Kier molecular flexibility index (Phi) is 2.46. The predicted octanol–water partition coefficient (Wildman–Crippen LogP) is 1.42. The van der Waals surface area contributed by atoms with Gasteiger partial charge in [0.2, 0.25) is 0 Å². The van der Waals surface area contributed by atoms with Crippen molar-refractivity contribution < 1.29 is 9.47 Å². The lowest BCUT2D eigenvalue weighted by molar-refractivity contribution is -0.162. The van der Waals surface area contributed by atoms with E-state index in [1.165, 1.54) is 11.1 Å². The van der Waals surface area contributed by atoms with Crippen molar-refractivity contribution in [3.05, 3.63) is 35.4 Å². The molecule has 3 heteroatoms. The van der Waals surface area contributed by atoms with Crippen molar-refractivity contribution in [2.24, 2.45) is 0 Å². The van der Waals surface area contributed by atoms with E-state index in [-0.39, 0.29) is 11.7 Å². The summed E-state index contributed by atoms with van der Waals surface area (Å²) in [5, 5.41) is 3.43. The number of benzene rings is 1. The molecule has 1 fully saturated rings. The van der Waals surface area contributed by atoms with Crippen LogP contribution in [0.15, 0.2) is 24.3 Å². The van der Waals surface area contributed by atoms with E-state index >= 15 is 0 Å². The predicted molar refractivity (Wildman–Crippen MR) is 61.2 cm³/mol. The molecular formula is C13H17NO2. The average molecular weight is 219 g/mol. The third kappa shape index (κ3) is 1.56. The second kappa shape index (κ2) is 3.84. The molecule has 0 aliphatic carbocycles. The molecule has 1 aromatic rings. The zero-order chi connectivity index (χ0) is 11.0. The smallest absolute Gasteiger partial charge is 0.129 e. The van der Waals surface area contributed by atoms with Gasteiger partial charge in [-0.1, -0.05) is 24.3 Å². The zero-order valence-corrected chi connectivity index (χ0v) is 9.53. The Bertz CT molecular complexity index is 393. The molecule has 3 nitrogen and oxygen atoms in total. The summed E-state index contributed by atoms with van der Waals surface area (Å²) in [6.07, 6.45) is 0.239. The first kappa shape index (κ1) is 10.3. The van der Waals surface area contributed by atoms with Crippen LogP contribution in [0.3, 0.4) is 0 Å². The second-order valence-corrected chi connectivity index (χ2v) is 4.70. The van der Waals surface area contributed by atoms with E-state index in [9.17, 15) is 0 Å². The van der Waals surface area contributed by atoms with E-state index in [2.05, 4.69) is 36.5 Å². The van der Waals surface area contributed by atoms with Crippen LogP contribution in [0.1, 0.15) is 18.1 Å². The molecule has 86 valence electrons. The number of morpholine rings is 1. The Labute approximate surface area is 95.8 Å². The molecule has 0 bridgehead atoms. The number of nitrogens with one attached hydrogen (secondary N) is 1. The van der Waals surface area contributed by atoms with Crippen LogP contribution in [-0.2, 0) is 21.7 Å². The van der Waals surface area contributed by atoms with Gasteiger partial charge in [0.25, 0.3) is 0 Å². The van der Waals surface area contributed by atoms with Crippen LogP contribution in [0.2, 0.25) is 0 Å². The molecule has 3 rings (SSSR count). The van der Waals surface area contributed by atoms with E-state index in [1.807, 2.05) is 0 Å². The first-order chi connectivity index (χ1) is 7.80. The molecule has 1 spiro atoms. The van der Waals surface area contributed by atoms with Crippen molar-refractivity contribution in [2.75, 3.05) is 19.7 Å². The van der Waals surface area contributed by atoms with Gasteiger partial charge in [-0.05, 0) is 18.1 Å². The van der Waals surface area contributed by atoms with Crippen LogP contribution in [0.25, 0.3) is 0 Å². The Morgan fingerprint density at radius 3 is 3.12 bits per heavy atom. The zero-order valence-electron chi connectivity index (χ0n) is 9.53. The Balaban J connectivity index is 2.02. The summed E-state index contributed by atoms with van der Waals surface area (Å²) < 4.78 is 11.8. The highest BCUT2D eigenvalue weighted by Gasteiger charge is 2.41. The SMILES string of the molecule is CC1CNCC2(COCc3ccccc32)O1. The van der Waals surface area contributed by atoms with E-state index in [0.29, 0.717) is 13.2 Å². The van der Waals surface area contributed by atoms with Gasteiger partial charge in [0.1, 0.15) is 5.60 Å². The Morgan fingerprint density at radius 2 is 2.25 bits per heavy atom. The molecule has 0 radical (unpaired) electrons. The van der Waals surface area contributed by atoms with Gasteiger partial charge in [-0.3, -0.25) is 0 Å². The van der Waals surface area contributed by atoms with Gasteiger partial charge in [0, 0.05) is 13.1 Å². The largest absolute Gasteiger partial charge is 0.373 e. The lowest BCUT2D eigenvalue weighted by Crippen LogP contribution is -2.55. The molecule has 1 saturated heterocycles. The standard InChI is InChI=1S/C13H17NO2/c1-10-6-14-8-13(16-10)9-15-7-11-4-2-3-5-12(11)13/h2-5,10,14H,6-9H2,1H3. The van der Waals surface area contributed by atoms with Crippen molar-refractivity contribution in [3.63, 3.8) is 0 Å². The topological polar surface area (TPSA) is 30.5 Å². The molecule has 16 heavy (non-hydrogen) atoms. The molecule has 2 unspecified atom stereocenters. The van der Waals surface area contributed by atoms with E-state index < -0.39 is 0 Å². The minimum Gasteiger partial charge on any atom is -0.373 e. The average Bonchev–Trinajstić information content (AvgIpc) is 2.30. The summed E-state index contributed by atoms with van der Waals surface area (Å²) in [5.41, 5.74) is 2.27. The number of fused-ring (bicyclic) bond motifs is 2. The third-order valence-corrected chi connectivity index (χ3v) is 3.37. The summed E-state index contributed by atoms with van der Waals surface area (Å²) >= 11 is 0. The molecule has 0 aromatic heterocycles. The second-order valence-electron chi connectivity index (χ2n) is 4.70. The molecule has 1 aromatic carbocycles. The van der Waals surface area contributed by atoms with Gasteiger partial charge in [-0.15, -0.1) is 0 Å². The number of ether oxygens (including phenoxy) is 2. The lowest BCUT2D eigenvalue weighted by Gasteiger charge is -2.44. The molecule has 0 saturated carbocycles. The highest BCUT2D eigenvalue weighted by atomic mass is 16.6. The molecule has 2 heterocycles. The van der Waals surface area contributed by atoms with Crippen LogP contribution in [0.4, 0.5) is 0 Å². The van der Waals surface area contributed by atoms with Crippen molar-refractivity contribution in [2.45, 2.75) is 25.2 Å². The maximum Gasteiger partial charge on any atom is 0.129 e. The normalized spacial score (nSPS) is 33.7. The van der Waals surface area contributed by atoms with Crippen molar-refractivity contribution in [1.82, 2.24) is 5.32 Å². The summed E-state index contributed by atoms with van der Waals surface area (Å²) in [6.45, 7) is 5.22. The minimum atomic E-state index is -0.271. The fourth-order valence-corrected chi connectivity index (χ4v) is 2.68. The summed E-state index contributed by atoms with van der Waals surface area (Å²) in [5.74, 6) is 0. The van der Waals surface area contributed by atoms with E-state index in [0.717, 1.165) is 13.1 Å². The molecule has 0 amide bonds. The van der Waals surface area contributed by atoms with Gasteiger partial charge >= 0.3 is 0 Å². The molecule has 1 N–H and O–H groups in total. The highest BCUT2D eigenvalue weighted by molar-refractivity contribution is 5.34. The Hall–Kier alpha value is -0.900. The molecule has 2 aliphatic rings. The number of hydrogen-bond donors (Lipinski definition) is 1. The van der Waals surface area contributed by atoms with Crippen LogP contribution in [-0.4, -0.2) is 25.8 Å². The number of hydrogen-bond acceptors (Lipinski definition) is 3. The van der Waals surface area contributed by atoms with Crippen LogP contribution >= 0.6 is 0 Å². The van der Waals surface area contributed by atoms with Crippen LogP contribution in [0, 0.1) is 0 Å². The minimum absolute atomic E-state index is 0.239. The molecule has 2 aliphatic heterocycles. The molecule has 2 atom stereocenters. The van der Waals surface area contributed by atoms with Gasteiger partial charge < -0.3 is 14.8 Å². The van der Waals surface area contributed by atoms with E-state index in [1.54, 1.807) is 0 Å². The number of rotatable bonds is 0. The maximum absolute atomic E-state index is 6.15. The molecular weight excluding hydrogens is 202 g/mol. The highest BCUT2D eigenvalue weighted by Crippen LogP contribution is 2.35. The van der Waals surface area contributed by atoms with Gasteiger partial charge in [-0.2, -0.15) is 0 Å². The Morgan fingerprint density at radius 1 is 1.38 bits per heavy atom. The quantitative estimate of drug-likeness (QED) is 0.716. The summed E-state index contributed by atoms with van der Waals surface area (Å²) in [7, 11) is 0. The third-order valence-electron chi connectivity index (χ3n) is 3.37.